The highest BCUT2D eigenvalue weighted by Crippen LogP contribution is 2.37. The van der Waals surface area contributed by atoms with Gasteiger partial charge in [0.2, 0.25) is 0 Å². The number of halogens is 1. The molecule has 86 valence electrons. The van der Waals surface area contributed by atoms with E-state index in [2.05, 4.69) is 19.1 Å². The molecule has 0 fully saturated rings. The molecular formula is C14H17ClO. The van der Waals surface area contributed by atoms with Gasteiger partial charge in [0.1, 0.15) is 0 Å². The monoisotopic (exact) mass is 236 g/mol. The summed E-state index contributed by atoms with van der Waals surface area (Å²) < 4.78 is 0. The minimum atomic E-state index is -0.0102. The van der Waals surface area contributed by atoms with Crippen LogP contribution in [0.2, 0.25) is 0 Å². The zero-order chi connectivity index (χ0) is 11.5. The largest absolute Gasteiger partial charge is 0.392 e. The molecule has 0 aliphatic heterocycles. The third-order valence-electron chi connectivity index (χ3n) is 3.22. The van der Waals surface area contributed by atoms with Crippen LogP contribution in [0.1, 0.15) is 25.3 Å². The predicted molar refractivity (Wildman–Crippen MR) is 68.5 cm³/mol. The Kier molecular flexibility index (Phi) is 3.67. The molecule has 2 heteroatoms. The molecule has 1 aliphatic rings. The SMILES string of the molecule is CC1CC(c2ccccc2)=C(CO)C(Cl)C1. The first-order valence-corrected chi connectivity index (χ1v) is 6.18. The van der Waals surface area contributed by atoms with Crippen LogP contribution in [0.3, 0.4) is 0 Å². The Morgan fingerprint density at radius 3 is 2.62 bits per heavy atom. The van der Waals surface area contributed by atoms with E-state index >= 15 is 0 Å². The Hall–Kier alpha value is -0.790. The van der Waals surface area contributed by atoms with Crippen LogP contribution in [0.15, 0.2) is 35.9 Å². The molecule has 0 saturated heterocycles. The Bertz CT molecular complexity index is 383. The Labute approximate surface area is 102 Å². The van der Waals surface area contributed by atoms with Crippen molar-refractivity contribution >= 4 is 17.2 Å². The average Bonchev–Trinajstić information content (AvgIpc) is 2.29. The lowest BCUT2D eigenvalue weighted by atomic mass is 9.82. The minimum Gasteiger partial charge on any atom is -0.392 e. The van der Waals surface area contributed by atoms with Crippen molar-refractivity contribution < 1.29 is 5.11 Å². The highest BCUT2D eigenvalue weighted by atomic mass is 35.5. The van der Waals surface area contributed by atoms with Gasteiger partial charge in [-0.2, -0.15) is 0 Å². The van der Waals surface area contributed by atoms with Crippen LogP contribution in [0.5, 0.6) is 0 Å². The van der Waals surface area contributed by atoms with E-state index in [0.717, 1.165) is 18.4 Å². The summed E-state index contributed by atoms with van der Waals surface area (Å²) in [7, 11) is 0. The van der Waals surface area contributed by atoms with Crippen molar-refractivity contribution in [3.63, 3.8) is 0 Å². The second kappa shape index (κ2) is 5.03. The van der Waals surface area contributed by atoms with Crippen molar-refractivity contribution in [2.24, 2.45) is 5.92 Å². The number of alkyl halides is 1. The van der Waals surface area contributed by atoms with Crippen LogP contribution < -0.4 is 0 Å². The van der Waals surface area contributed by atoms with Gasteiger partial charge in [0, 0.05) is 0 Å². The van der Waals surface area contributed by atoms with E-state index in [1.165, 1.54) is 11.1 Å². The number of allylic oxidation sites excluding steroid dienone is 1. The Morgan fingerprint density at radius 1 is 1.31 bits per heavy atom. The molecule has 0 bridgehead atoms. The minimum absolute atomic E-state index is 0.0102. The van der Waals surface area contributed by atoms with Crippen molar-refractivity contribution in [1.29, 1.82) is 0 Å². The van der Waals surface area contributed by atoms with Crippen molar-refractivity contribution in [3.8, 4) is 0 Å². The second-order valence-electron chi connectivity index (χ2n) is 4.54. The number of rotatable bonds is 2. The molecule has 1 N–H and O–H groups in total. The highest BCUT2D eigenvalue weighted by molar-refractivity contribution is 6.23. The van der Waals surface area contributed by atoms with Crippen molar-refractivity contribution in [3.05, 3.63) is 41.5 Å². The van der Waals surface area contributed by atoms with Gasteiger partial charge in [0.05, 0.1) is 12.0 Å². The third kappa shape index (κ3) is 2.31. The fourth-order valence-electron chi connectivity index (χ4n) is 2.38. The van der Waals surface area contributed by atoms with E-state index in [9.17, 15) is 5.11 Å². The lowest BCUT2D eigenvalue weighted by Crippen LogP contribution is -2.19. The predicted octanol–water partition coefficient (Wildman–Crippen LogP) is 3.47. The maximum Gasteiger partial charge on any atom is 0.0661 e. The summed E-state index contributed by atoms with van der Waals surface area (Å²) in [4.78, 5) is 0. The fraction of sp³-hybridized carbons (Fsp3) is 0.429. The van der Waals surface area contributed by atoms with Crippen LogP contribution in [0.4, 0.5) is 0 Å². The summed E-state index contributed by atoms with van der Waals surface area (Å²) in [6, 6.07) is 10.2. The summed E-state index contributed by atoms with van der Waals surface area (Å²) in [5.74, 6) is 0.591. The van der Waals surface area contributed by atoms with Gasteiger partial charge >= 0.3 is 0 Å². The quantitative estimate of drug-likeness (QED) is 0.780. The lowest BCUT2D eigenvalue weighted by Gasteiger charge is -2.28. The topological polar surface area (TPSA) is 20.2 Å². The average molecular weight is 237 g/mol. The van der Waals surface area contributed by atoms with Crippen molar-refractivity contribution in [1.82, 2.24) is 0 Å². The lowest BCUT2D eigenvalue weighted by molar-refractivity contribution is 0.321. The number of benzene rings is 1. The summed E-state index contributed by atoms with van der Waals surface area (Å²) in [5.41, 5.74) is 3.44. The van der Waals surface area contributed by atoms with Crippen LogP contribution in [0.25, 0.3) is 5.57 Å². The normalized spacial score (nSPS) is 25.9. The van der Waals surface area contributed by atoms with Crippen LogP contribution in [-0.4, -0.2) is 17.1 Å². The Balaban J connectivity index is 2.42. The molecule has 1 aliphatic carbocycles. The van der Waals surface area contributed by atoms with Gasteiger partial charge in [-0.05, 0) is 35.5 Å². The number of hydrogen-bond acceptors (Lipinski definition) is 1. The first-order chi connectivity index (χ1) is 7.72. The molecule has 1 aromatic rings. The van der Waals surface area contributed by atoms with Gasteiger partial charge in [-0.25, -0.2) is 0 Å². The zero-order valence-electron chi connectivity index (χ0n) is 9.49. The molecule has 1 nitrogen and oxygen atoms in total. The van der Waals surface area contributed by atoms with E-state index in [1.54, 1.807) is 0 Å². The molecule has 0 aromatic heterocycles. The highest BCUT2D eigenvalue weighted by Gasteiger charge is 2.25. The number of hydrogen-bond donors (Lipinski definition) is 1. The van der Waals surface area contributed by atoms with Gasteiger partial charge in [-0.15, -0.1) is 11.6 Å². The molecule has 0 spiro atoms. The van der Waals surface area contributed by atoms with Crippen LogP contribution in [-0.2, 0) is 0 Å². The van der Waals surface area contributed by atoms with E-state index in [4.69, 9.17) is 11.6 Å². The molecule has 2 unspecified atom stereocenters. The molecule has 0 heterocycles. The number of aliphatic hydroxyl groups excluding tert-OH is 1. The smallest absolute Gasteiger partial charge is 0.0661 e. The van der Waals surface area contributed by atoms with Crippen LogP contribution >= 0.6 is 11.6 Å². The first kappa shape index (κ1) is 11.7. The molecular weight excluding hydrogens is 220 g/mol. The summed E-state index contributed by atoms with van der Waals surface area (Å²) in [5, 5.41) is 9.43. The molecule has 0 saturated carbocycles. The summed E-state index contributed by atoms with van der Waals surface area (Å²) in [6.45, 7) is 2.29. The summed E-state index contributed by atoms with van der Waals surface area (Å²) >= 11 is 6.30. The van der Waals surface area contributed by atoms with Gasteiger partial charge < -0.3 is 5.11 Å². The first-order valence-electron chi connectivity index (χ1n) is 5.74. The number of aliphatic hydroxyl groups is 1. The Morgan fingerprint density at radius 2 is 2.00 bits per heavy atom. The van der Waals surface area contributed by atoms with Gasteiger partial charge in [-0.1, -0.05) is 37.3 Å². The maximum atomic E-state index is 9.44. The summed E-state index contributed by atoms with van der Waals surface area (Å²) in [6.07, 6.45) is 1.98. The van der Waals surface area contributed by atoms with E-state index in [0.29, 0.717) is 5.92 Å². The van der Waals surface area contributed by atoms with Gasteiger partial charge in [0.25, 0.3) is 0 Å². The fourth-order valence-corrected chi connectivity index (χ4v) is 2.89. The van der Waals surface area contributed by atoms with E-state index in [-0.39, 0.29) is 12.0 Å². The second-order valence-corrected chi connectivity index (χ2v) is 5.07. The molecule has 2 rings (SSSR count). The molecule has 1 aromatic carbocycles. The van der Waals surface area contributed by atoms with E-state index in [1.807, 2.05) is 18.2 Å². The van der Waals surface area contributed by atoms with E-state index < -0.39 is 0 Å². The standard InChI is InChI=1S/C14H17ClO/c1-10-7-12(11-5-3-2-4-6-11)13(9-16)14(15)8-10/h2-6,10,14,16H,7-9H2,1H3. The molecule has 16 heavy (non-hydrogen) atoms. The van der Waals surface area contributed by atoms with Crippen LogP contribution in [0, 0.1) is 5.92 Å². The van der Waals surface area contributed by atoms with Gasteiger partial charge in [-0.3, -0.25) is 0 Å². The van der Waals surface area contributed by atoms with Gasteiger partial charge in [0.15, 0.2) is 0 Å². The molecule has 0 radical (unpaired) electrons. The molecule has 2 atom stereocenters. The third-order valence-corrected chi connectivity index (χ3v) is 3.66. The molecule has 0 amide bonds. The maximum absolute atomic E-state index is 9.44. The van der Waals surface area contributed by atoms with Crippen molar-refractivity contribution in [2.75, 3.05) is 6.61 Å². The zero-order valence-corrected chi connectivity index (χ0v) is 10.2. The van der Waals surface area contributed by atoms with Crippen molar-refractivity contribution in [2.45, 2.75) is 25.1 Å².